The highest BCUT2D eigenvalue weighted by atomic mass is 19.3. The minimum atomic E-state index is -2.92. The number of nitrogens with zero attached hydrogens (tertiary/aromatic N) is 4. The van der Waals surface area contributed by atoms with Gasteiger partial charge in [0.05, 0.1) is 26.0 Å². The fraction of sp³-hybridized carbons (Fsp3) is 0.263. The first kappa shape index (κ1) is 20.2. The van der Waals surface area contributed by atoms with Gasteiger partial charge in [-0.2, -0.15) is 8.78 Å². The minimum absolute atomic E-state index is 0.0196. The van der Waals surface area contributed by atoms with Gasteiger partial charge >= 0.3 is 12.6 Å². The second-order valence-electron chi connectivity index (χ2n) is 5.75. The third-order valence-electron chi connectivity index (χ3n) is 3.78. The van der Waals surface area contributed by atoms with E-state index in [0.29, 0.717) is 29.3 Å². The van der Waals surface area contributed by atoms with Crippen molar-refractivity contribution >= 4 is 5.97 Å². The normalized spacial score (nSPS) is 10.8. The second-order valence-corrected chi connectivity index (χ2v) is 5.75. The third-order valence-corrected chi connectivity index (χ3v) is 3.78. The molecule has 0 saturated heterocycles. The molecule has 0 aliphatic heterocycles. The van der Waals surface area contributed by atoms with Crippen molar-refractivity contribution in [3.63, 3.8) is 0 Å². The molecule has 0 aliphatic carbocycles. The number of carbonyl (C=O) groups excluding carboxylic acids is 1. The van der Waals surface area contributed by atoms with Crippen LogP contribution in [0.2, 0.25) is 0 Å². The molecular formula is C19H18F2N4O4. The number of ether oxygens (including phenoxy) is 3. The van der Waals surface area contributed by atoms with Gasteiger partial charge < -0.3 is 14.2 Å². The van der Waals surface area contributed by atoms with Crippen molar-refractivity contribution < 1.29 is 27.8 Å². The molecule has 0 N–H and O–H groups in total. The molecule has 2 aromatic heterocycles. The van der Waals surface area contributed by atoms with Crippen molar-refractivity contribution in [2.75, 3.05) is 13.7 Å². The number of rotatable bonds is 8. The lowest BCUT2D eigenvalue weighted by atomic mass is 10.1. The van der Waals surface area contributed by atoms with Crippen LogP contribution >= 0.6 is 0 Å². The molecule has 0 radical (unpaired) electrons. The number of pyridine rings is 1. The van der Waals surface area contributed by atoms with E-state index in [0.717, 1.165) is 0 Å². The van der Waals surface area contributed by atoms with Gasteiger partial charge in [-0.25, -0.2) is 19.4 Å². The van der Waals surface area contributed by atoms with E-state index in [4.69, 9.17) is 4.74 Å². The Bertz CT molecular complexity index is 994. The molecule has 8 nitrogen and oxygen atoms in total. The molecule has 2 heterocycles. The number of aromatic nitrogens is 4. The van der Waals surface area contributed by atoms with E-state index in [1.165, 1.54) is 30.3 Å². The van der Waals surface area contributed by atoms with Crippen LogP contribution in [0.25, 0.3) is 11.3 Å². The summed E-state index contributed by atoms with van der Waals surface area (Å²) in [7, 11) is 1.25. The van der Waals surface area contributed by atoms with Crippen LogP contribution in [0.15, 0.2) is 42.7 Å². The number of benzene rings is 1. The van der Waals surface area contributed by atoms with E-state index in [1.807, 2.05) is 6.92 Å². The smallest absolute Gasteiger partial charge is 0.387 e. The van der Waals surface area contributed by atoms with Gasteiger partial charge in [0.2, 0.25) is 0 Å². The highest BCUT2D eigenvalue weighted by Gasteiger charge is 2.14. The zero-order valence-corrected chi connectivity index (χ0v) is 15.7. The van der Waals surface area contributed by atoms with Gasteiger partial charge in [0.25, 0.3) is 5.82 Å². The van der Waals surface area contributed by atoms with E-state index in [1.54, 1.807) is 24.3 Å². The fourth-order valence-electron chi connectivity index (χ4n) is 2.59. The summed E-state index contributed by atoms with van der Waals surface area (Å²) in [5, 5.41) is 4.04. The summed E-state index contributed by atoms with van der Waals surface area (Å²) in [6.45, 7) is -0.450. The molecule has 0 fully saturated rings. The summed E-state index contributed by atoms with van der Waals surface area (Å²) in [6, 6.07) is 9.69. The largest absolute Gasteiger partial charge is 0.492 e. The SMILES string of the molecule is CCOc1ccc(Cn2cnc(C(=O)OC)n2)nc1-c1cccc(OC(F)F)c1. The molecule has 0 saturated carbocycles. The lowest BCUT2D eigenvalue weighted by Gasteiger charge is -2.13. The number of hydrogen-bond donors (Lipinski definition) is 0. The zero-order chi connectivity index (χ0) is 20.8. The second kappa shape index (κ2) is 9.09. The average Bonchev–Trinajstić information content (AvgIpc) is 3.17. The molecule has 0 aliphatic rings. The average molecular weight is 404 g/mol. The maximum atomic E-state index is 12.5. The lowest BCUT2D eigenvalue weighted by Crippen LogP contribution is -2.08. The van der Waals surface area contributed by atoms with Crippen LogP contribution < -0.4 is 9.47 Å². The summed E-state index contributed by atoms with van der Waals surface area (Å²) in [6.07, 6.45) is 1.39. The first-order valence-electron chi connectivity index (χ1n) is 8.66. The first-order chi connectivity index (χ1) is 14.0. The maximum Gasteiger partial charge on any atom is 0.387 e. The minimum Gasteiger partial charge on any atom is -0.492 e. The van der Waals surface area contributed by atoms with Crippen LogP contribution in [0, 0.1) is 0 Å². The standard InChI is InChI=1S/C19H18F2N4O4/c1-3-28-15-8-7-13(10-25-11-22-17(24-25)18(26)27-2)23-16(15)12-5-4-6-14(9-12)29-19(20)21/h4-9,11,19H,3,10H2,1-2H3. The lowest BCUT2D eigenvalue weighted by molar-refractivity contribution is -0.0498. The Morgan fingerprint density at radius 2 is 2.07 bits per heavy atom. The van der Waals surface area contributed by atoms with Crippen LogP contribution in [-0.2, 0) is 11.3 Å². The Balaban J connectivity index is 1.92. The Morgan fingerprint density at radius 1 is 1.24 bits per heavy atom. The predicted molar refractivity (Wildman–Crippen MR) is 97.9 cm³/mol. The number of esters is 1. The summed E-state index contributed by atoms with van der Waals surface area (Å²) >= 11 is 0. The van der Waals surface area contributed by atoms with Crippen LogP contribution in [-0.4, -0.2) is 46.0 Å². The van der Waals surface area contributed by atoms with Crippen molar-refractivity contribution in [1.29, 1.82) is 0 Å². The van der Waals surface area contributed by atoms with E-state index >= 15 is 0 Å². The van der Waals surface area contributed by atoms with Crippen LogP contribution in [0.5, 0.6) is 11.5 Å². The van der Waals surface area contributed by atoms with Crippen molar-refractivity contribution in [2.45, 2.75) is 20.1 Å². The molecule has 10 heteroatoms. The molecule has 0 bridgehead atoms. The van der Waals surface area contributed by atoms with E-state index in [9.17, 15) is 13.6 Å². The molecule has 3 rings (SSSR count). The monoisotopic (exact) mass is 404 g/mol. The van der Waals surface area contributed by atoms with Crippen molar-refractivity contribution in [2.24, 2.45) is 0 Å². The van der Waals surface area contributed by atoms with E-state index < -0.39 is 12.6 Å². The van der Waals surface area contributed by atoms with Crippen molar-refractivity contribution in [3.05, 3.63) is 54.2 Å². The van der Waals surface area contributed by atoms with Gasteiger partial charge in [-0.1, -0.05) is 12.1 Å². The molecule has 0 unspecified atom stereocenters. The van der Waals surface area contributed by atoms with Gasteiger partial charge in [-0.3, -0.25) is 0 Å². The molecule has 3 aromatic rings. The van der Waals surface area contributed by atoms with E-state index in [-0.39, 0.29) is 18.1 Å². The third kappa shape index (κ3) is 5.03. The van der Waals surface area contributed by atoms with Crippen LogP contribution in [0.3, 0.4) is 0 Å². The Kier molecular flexibility index (Phi) is 6.32. The molecule has 0 spiro atoms. The quantitative estimate of drug-likeness (QED) is 0.533. The summed E-state index contributed by atoms with van der Waals surface area (Å²) in [5.74, 6) is -0.180. The predicted octanol–water partition coefficient (Wildman–Crippen LogP) is 3.18. The Morgan fingerprint density at radius 3 is 2.79 bits per heavy atom. The maximum absolute atomic E-state index is 12.5. The number of methoxy groups -OCH3 is 1. The number of halogens is 2. The molecule has 152 valence electrons. The summed E-state index contributed by atoms with van der Waals surface area (Å²) in [4.78, 5) is 20.0. The first-order valence-corrected chi connectivity index (χ1v) is 8.66. The van der Waals surface area contributed by atoms with Crippen molar-refractivity contribution in [1.82, 2.24) is 19.7 Å². The van der Waals surface area contributed by atoms with Crippen molar-refractivity contribution in [3.8, 4) is 22.8 Å². The molecule has 29 heavy (non-hydrogen) atoms. The highest BCUT2D eigenvalue weighted by molar-refractivity contribution is 5.84. The number of hydrogen-bond acceptors (Lipinski definition) is 7. The summed E-state index contributed by atoms with van der Waals surface area (Å²) in [5.41, 5.74) is 1.63. The number of carbonyl (C=O) groups is 1. The van der Waals surface area contributed by atoms with Gasteiger partial charge in [0.1, 0.15) is 23.5 Å². The van der Waals surface area contributed by atoms with Crippen LogP contribution in [0.1, 0.15) is 23.2 Å². The van der Waals surface area contributed by atoms with Gasteiger partial charge in [-0.15, -0.1) is 5.10 Å². The highest BCUT2D eigenvalue weighted by Crippen LogP contribution is 2.31. The zero-order valence-electron chi connectivity index (χ0n) is 15.7. The van der Waals surface area contributed by atoms with E-state index in [2.05, 4.69) is 24.5 Å². The van der Waals surface area contributed by atoms with Gasteiger partial charge in [0.15, 0.2) is 0 Å². The Labute approximate surface area is 165 Å². The molecule has 0 atom stereocenters. The fourth-order valence-corrected chi connectivity index (χ4v) is 2.59. The van der Waals surface area contributed by atoms with Crippen LogP contribution in [0.4, 0.5) is 8.78 Å². The molecular weight excluding hydrogens is 386 g/mol. The topological polar surface area (TPSA) is 88.4 Å². The van der Waals surface area contributed by atoms with Gasteiger partial charge in [-0.05, 0) is 31.2 Å². The molecule has 0 amide bonds. The Hall–Kier alpha value is -3.56. The molecule has 1 aromatic carbocycles. The number of alkyl halides is 2. The van der Waals surface area contributed by atoms with Gasteiger partial charge in [0, 0.05) is 5.56 Å². The summed E-state index contributed by atoms with van der Waals surface area (Å²) < 4.78 is 41.2.